The van der Waals surface area contributed by atoms with Gasteiger partial charge in [-0.15, -0.1) is 11.3 Å². The third kappa shape index (κ3) is 4.60. The first-order valence-electron chi connectivity index (χ1n) is 7.12. The van der Waals surface area contributed by atoms with Crippen molar-refractivity contribution in [3.8, 4) is 11.5 Å². The number of anilines is 1. The summed E-state index contributed by atoms with van der Waals surface area (Å²) < 4.78 is 36.5. The molecule has 11 heteroatoms. The summed E-state index contributed by atoms with van der Waals surface area (Å²) in [5.41, 5.74) is 0.309. The van der Waals surface area contributed by atoms with Gasteiger partial charge >= 0.3 is 0 Å². The first-order valence-corrected chi connectivity index (χ1v) is 10.1. The molecule has 2 aromatic rings. The number of nitrogens with one attached hydrogen (secondary N) is 1. The highest BCUT2D eigenvalue weighted by Crippen LogP contribution is 2.36. The van der Waals surface area contributed by atoms with Crippen LogP contribution < -0.4 is 14.8 Å². The molecule has 1 amide bonds. The maximum atomic E-state index is 12.4. The van der Waals surface area contributed by atoms with E-state index in [1.54, 1.807) is 0 Å². The van der Waals surface area contributed by atoms with Gasteiger partial charge in [0.25, 0.3) is 10.0 Å². The van der Waals surface area contributed by atoms with E-state index in [0.717, 1.165) is 15.6 Å². The Balaban J connectivity index is 2.16. The molecule has 26 heavy (non-hydrogen) atoms. The van der Waals surface area contributed by atoms with Crippen LogP contribution in [0.25, 0.3) is 0 Å². The number of thiophene rings is 1. The first kappa shape index (κ1) is 20.8. The summed E-state index contributed by atoms with van der Waals surface area (Å²) in [5.74, 6) is 0.109. The highest BCUT2D eigenvalue weighted by molar-refractivity contribution is 7.91. The molecular weight excluding hydrogens is 423 g/mol. The smallest absolute Gasteiger partial charge is 0.252 e. The number of hydrogen-bond donors (Lipinski definition) is 1. The van der Waals surface area contributed by atoms with Crippen molar-refractivity contribution in [3.05, 3.63) is 33.6 Å². The predicted molar refractivity (Wildman–Crippen MR) is 102 cm³/mol. The second-order valence-electron chi connectivity index (χ2n) is 5.05. The van der Waals surface area contributed by atoms with E-state index in [1.807, 2.05) is 0 Å². The number of rotatable bonds is 7. The normalized spacial score (nSPS) is 11.5. The minimum Gasteiger partial charge on any atom is -0.495 e. The van der Waals surface area contributed by atoms with Crippen LogP contribution in [-0.4, -0.2) is 46.4 Å². The number of carbonyl (C=O) groups is 1. The molecule has 142 valence electrons. The van der Waals surface area contributed by atoms with Crippen LogP contribution >= 0.6 is 34.5 Å². The third-order valence-electron chi connectivity index (χ3n) is 3.33. The minimum absolute atomic E-state index is 0.0588. The molecule has 0 radical (unpaired) electrons. The fourth-order valence-corrected chi connectivity index (χ4v) is 5.08. The van der Waals surface area contributed by atoms with E-state index < -0.39 is 22.5 Å². The Kier molecular flexibility index (Phi) is 6.75. The largest absolute Gasteiger partial charge is 0.495 e. The van der Waals surface area contributed by atoms with Gasteiger partial charge in [0.05, 0.1) is 35.8 Å². The summed E-state index contributed by atoms with van der Waals surface area (Å²) in [4.78, 5) is 12.3. The van der Waals surface area contributed by atoms with E-state index >= 15 is 0 Å². The third-order valence-corrected chi connectivity index (χ3v) is 7.12. The van der Waals surface area contributed by atoms with Gasteiger partial charge in [0.2, 0.25) is 5.91 Å². The SMILES string of the molecule is COc1cc(NC(=O)CN(C)S(=O)(=O)c2ccc(Cl)s2)c(OC)cc1Cl. The van der Waals surface area contributed by atoms with Crippen molar-refractivity contribution in [1.82, 2.24) is 4.31 Å². The Hall–Kier alpha value is -1.52. The highest BCUT2D eigenvalue weighted by Gasteiger charge is 2.25. The van der Waals surface area contributed by atoms with E-state index in [9.17, 15) is 13.2 Å². The Morgan fingerprint density at radius 2 is 1.85 bits per heavy atom. The number of carbonyl (C=O) groups excluding carboxylic acids is 1. The van der Waals surface area contributed by atoms with Crippen LogP contribution in [0, 0.1) is 0 Å². The Bertz CT molecular complexity index is 915. The van der Waals surface area contributed by atoms with Crippen LogP contribution in [0.2, 0.25) is 9.36 Å². The number of hydrogen-bond acceptors (Lipinski definition) is 6. The first-order chi connectivity index (χ1) is 12.2. The lowest BCUT2D eigenvalue weighted by Crippen LogP contribution is -2.34. The summed E-state index contributed by atoms with van der Waals surface area (Å²) in [6.07, 6.45) is 0. The molecule has 1 heterocycles. The maximum absolute atomic E-state index is 12.4. The molecule has 0 spiro atoms. The van der Waals surface area contributed by atoms with Crippen LogP contribution in [0.1, 0.15) is 0 Å². The standard InChI is InChI=1S/C15H16Cl2N2O5S2/c1-19(26(21,22)15-5-4-13(17)25-15)8-14(20)18-10-7-11(23-2)9(16)6-12(10)24-3/h4-7H,8H2,1-3H3,(H,18,20). The number of nitrogens with zero attached hydrogens (tertiary/aromatic N) is 1. The molecule has 0 fully saturated rings. The fraction of sp³-hybridized carbons (Fsp3) is 0.267. The Labute approximate surface area is 165 Å². The van der Waals surface area contributed by atoms with Gasteiger partial charge in [-0.3, -0.25) is 4.79 Å². The van der Waals surface area contributed by atoms with E-state index in [2.05, 4.69) is 5.32 Å². The average molecular weight is 439 g/mol. The molecule has 0 atom stereocenters. The number of benzene rings is 1. The molecule has 0 unspecified atom stereocenters. The fourth-order valence-electron chi connectivity index (χ4n) is 2.03. The highest BCUT2D eigenvalue weighted by atomic mass is 35.5. The lowest BCUT2D eigenvalue weighted by molar-refractivity contribution is -0.116. The number of likely N-dealkylation sites (N-methyl/N-ethyl adjacent to an activating group) is 1. The van der Waals surface area contributed by atoms with Crippen molar-refractivity contribution in [2.24, 2.45) is 0 Å². The van der Waals surface area contributed by atoms with Crippen molar-refractivity contribution >= 4 is 56.2 Å². The van der Waals surface area contributed by atoms with Crippen LogP contribution in [0.4, 0.5) is 5.69 Å². The zero-order chi connectivity index (χ0) is 19.5. The second-order valence-corrected chi connectivity index (χ2v) is 9.45. The van der Waals surface area contributed by atoms with Gasteiger partial charge in [-0.1, -0.05) is 23.2 Å². The van der Waals surface area contributed by atoms with Gasteiger partial charge < -0.3 is 14.8 Å². The van der Waals surface area contributed by atoms with Crippen LogP contribution in [0.3, 0.4) is 0 Å². The van der Waals surface area contributed by atoms with Crippen molar-refractivity contribution in [1.29, 1.82) is 0 Å². The summed E-state index contributed by atoms with van der Waals surface area (Å²) in [6.45, 7) is -0.397. The van der Waals surface area contributed by atoms with Gasteiger partial charge in [-0.05, 0) is 12.1 Å². The minimum atomic E-state index is -3.81. The number of methoxy groups -OCH3 is 2. The molecule has 0 saturated carbocycles. The number of halogens is 2. The summed E-state index contributed by atoms with van der Waals surface area (Å²) >= 11 is 12.7. The molecule has 0 aliphatic carbocycles. The number of amides is 1. The van der Waals surface area contributed by atoms with Gasteiger partial charge in [-0.2, -0.15) is 4.31 Å². The summed E-state index contributed by atoms with van der Waals surface area (Å²) in [7, 11) is 0.354. The van der Waals surface area contributed by atoms with Crippen LogP contribution in [-0.2, 0) is 14.8 Å². The topological polar surface area (TPSA) is 84.9 Å². The molecular formula is C15H16Cl2N2O5S2. The second kappa shape index (κ2) is 8.45. The van der Waals surface area contributed by atoms with E-state index in [-0.39, 0.29) is 4.21 Å². The molecule has 1 aromatic heterocycles. The summed E-state index contributed by atoms with van der Waals surface area (Å²) in [6, 6.07) is 5.86. The van der Waals surface area contributed by atoms with Crippen molar-refractivity contribution < 1.29 is 22.7 Å². The molecule has 0 aliphatic heterocycles. The van der Waals surface area contributed by atoms with E-state index in [4.69, 9.17) is 32.7 Å². The number of sulfonamides is 1. The van der Waals surface area contributed by atoms with Gasteiger partial charge in [0, 0.05) is 19.2 Å². The molecule has 7 nitrogen and oxygen atoms in total. The molecule has 0 bridgehead atoms. The zero-order valence-electron chi connectivity index (χ0n) is 14.1. The van der Waals surface area contributed by atoms with Crippen molar-refractivity contribution in [3.63, 3.8) is 0 Å². The monoisotopic (exact) mass is 438 g/mol. The van der Waals surface area contributed by atoms with Crippen molar-refractivity contribution in [2.75, 3.05) is 33.1 Å². The van der Waals surface area contributed by atoms with Gasteiger partial charge in [-0.25, -0.2) is 8.42 Å². The van der Waals surface area contributed by atoms with Crippen LogP contribution in [0.5, 0.6) is 11.5 Å². The van der Waals surface area contributed by atoms with E-state index in [0.29, 0.717) is 26.5 Å². The summed E-state index contributed by atoms with van der Waals surface area (Å²) in [5, 5.41) is 2.91. The number of ether oxygens (including phenoxy) is 2. The average Bonchev–Trinajstić information content (AvgIpc) is 3.03. The lowest BCUT2D eigenvalue weighted by atomic mass is 10.2. The Morgan fingerprint density at radius 3 is 2.38 bits per heavy atom. The Morgan fingerprint density at radius 1 is 1.19 bits per heavy atom. The molecule has 0 aliphatic rings. The van der Waals surface area contributed by atoms with E-state index in [1.165, 1.54) is 45.5 Å². The van der Waals surface area contributed by atoms with Gasteiger partial charge in [0.15, 0.2) is 0 Å². The molecule has 1 N–H and O–H groups in total. The molecule has 0 saturated heterocycles. The zero-order valence-corrected chi connectivity index (χ0v) is 17.2. The van der Waals surface area contributed by atoms with Crippen molar-refractivity contribution in [2.45, 2.75) is 4.21 Å². The molecule has 1 aromatic carbocycles. The van der Waals surface area contributed by atoms with Crippen LogP contribution in [0.15, 0.2) is 28.5 Å². The maximum Gasteiger partial charge on any atom is 0.252 e. The molecule has 2 rings (SSSR count). The quantitative estimate of drug-likeness (QED) is 0.716. The lowest BCUT2D eigenvalue weighted by Gasteiger charge is -2.17. The van der Waals surface area contributed by atoms with Gasteiger partial charge in [0.1, 0.15) is 15.7 Å². The predicted octanol–water partition coefficient (Wildman–Crippen LogP) is 3.33.